The van der Waals surface area contributed by atoms with Crippen molar-refractivity contribution < 1.29 is 19.4 Å². The number of aliphatic hydroxyl groups is 1. The van der Waals surface area contributed by atoms with Gasteiger partial charge in [-0.1, -0.05) is 6.58 Å². The van der Waals surface area contributed by atoms with Crippen molar-refractivity contribution in [3.8, 4) is 5.75 Å². The zero-order valence-electron chi connectivity index (χ0n) is 18.8. The fourth-order valence-corrected chi connectivity index (χ4v) is 5.68. The third kappa shape index (κ3) is 4.04. The average molecular weight is 440 g/mol. The van der Waals surface area contributed by atoms with Crippen LogP contribution in [0, 0.1) is 0 Å². The maximum atomic E-state index is 12.9. The van der Waals surface area contributed by atoms with E-state index in [1.54, 1.807) is 4.90 Å². The highest BCUT2D eigenvalue weighted by Crippen LogP contribution is 2.35. The van der Waals surface area contributed by atoms with E-state index in [4.69, 9.17) is 4.74 Å². The Morgan fingerprint density at radius 2 is 1.97 bits per heavy atom. The lowest BCUT2D eigenvalue weighted by atomic mass is 9.92. The minimum atomic E-state index is -0.549. The van der Waals surface area contributed by atoms with Crippen LogP contribution in [0.4, 0.5) is 0 Å². The van der Waals surface area contributed by atoms with Gasteiger partial charge in [0.25, 0.3) is 5.91 Å². The van der Waals surface area contributed by atoms with Crippen molar-refractivity contribution in [1.29, 1.82) is 0 Å². The number of carbonyl (C=O) groups is 2. The van der Waals surface area contributed by atoms with Gasteiger partial charge in [-0.05, 0) is 75.6 Å². The summed E-state index contributed by atoms with van der Waals surface area (Å²) in [5.74, 6) is 0.562. The molecule has 7 nitrogen and oxygen atoms in total. The predicted molar refractivity (Wildman–Crippen MR) is 120 cm³/mol. The zero-order chi connectivity index (χ0) is 22.5. The van der Waals surface area contributed by atoms with Crippen molar-refractivity contribution in [2.24, 2.45) is 0 Å². The molecule has 0 radical (unpaired) electrons. The van der Waals surface area contributed by atoms with Crippen molar-refractivity contribution in [2.45, 2.75) is 82.2 Å². The Balaban J connectivity index is 1.26. The van der Waals surface area contributed by atoms with Gasteiger partial charge in [-0.2, -0.15) is 0 Å². The van der Waals surface area contributed by atoms with Crippen molar-refractivity contribution >= 4 is 11.8 Å². The number of nitrogens with zero attached hydrogens (tertiary/aromatic N) is 2. The highest BCUT2D eigenvalue weighted by atomic mass is 16.5. The van der Waals surface area contributed by atoms with Gasteiger partial charge in [-0.15, -0.1) is 0 Å². The third-order valence-electron chi connectivity index (χ3n) is 7.66. The molecule has 2 N–H and O–H groups in total. The number of ether oxygens (including phenoxy) is 1. The van der Waals surface area contributed by atoms with Crippen LogP contribution in [0.15, 0.2) is 30.5 Å². The lowest BCUT2D eigenvalue weighted by molar-refractivity contribution is -0.126. The first-order valence-corrected chi connectivity index (χ1v) is 11.9. The van der Waals surface area contributed by atoms with Crippen LogP contribution in [0.25, 0.3) is 0 Å². The van der Waals surface area contributed by atoms with Crippen LogP contribution in [0.1, 0.15) is 67.8 Å². The first-order chi connectivity index (χ1) is 15.3. The fraction of sp³-hybridized carbons (Fsp3) is 0.600. The average Bonchev–Trinajstić information content (AvgIpc) is 3.33. The van der Waals surface area contributed by atoms with E-state index in [2.05, 4.69) is 16.8 Å². The van der Waals surface area contributed by atoms with Gasteiger partial charge >= 0.3 is 0 Å². The zero-order valence-corrected chi connectivity index (χ0v) is 18.8. The van der Waals surface area contributed by atoms with Crippen molar-refractivity contribution in [3.63, 3.8) is 0 Å². The molecule has 3 aliphatic heterocycles. The molecule has 2 amide bonds. The second kappa shape index (κ2) is 8.19. The van der Waals surface area contributed by atoms with E-state index >= 15 is 0 Å². The van der Waals surface area contributed by atoms with E-state index in [1.165, 1.54) is 0 Å². The summed E-state index contributed by atoms with van der Waals surface area (Å²) in [7, 11) is 0. The lowest BCUT2D eigenvalue weighted by Gasteiger charge is -2.40. The number of benzene rings is 1. The topological polar surface area (TPSA) is 82.1 Å². The van der Waals surface area contributed by atoms with Gasteiger partial charge < -0.3 is 20.1 Å². The molecule has 3 fully saturated rings. The summed E-state index contributed by atoms with van der Waals surface area (Å²) < 4.78 is 6.44. The lowest BCUT2D eigenvalue weighted by Crippen LogP contribution is -2.50. The highest BCUT2D eigenvalue weighted by Gasteiger charge is 2.40. The summed E-state index contributed by atoms with van der Waals surface area (Å²) in [6.45, 7) is 7.99. The molecule has 1 aromatic rings. The smallest absolute Gasteiger partial charge is 0.255 e. The Morgan fingerprint density at radius 1 is 1.19 bits per heavy atom. The maximum absolute atomic E-state index is 12.9. The molecule has 1 aromatic carbocycles. The molecular weight excluding hydrogens is 406 g/mol. The number of amides is 2. The summed E-state index contributed by atoms with van der Waals surface area (Å²) in [5, 5.41) is 13.1. The number of hydrogen-bond acceptors (Lipinski definition) is 5. The third-order valence-corrected chi connectivity index (χ3v) is 7.66. The second-order valence-electron chi connectivity index (χ2n) is 10.1. The van der Waals surface area contributed by atoms with Gasteiger partial charge in [0, 0.05) is 36.9 Å². The van der Waals surface area contributed by atoms with E-state index in [0.717, 1.165) is 62.2 Å². The number of carbonyl (C=O) groups excluding carboxylic acids is 2. The summed E-state index contributed by atoms with van der Waals surface area (Å²) in [6, 6.07) is 5.63. The molecule has 2 saturated heterocycles. The van der Waals surface area contributed by atoms with Crippen molar-refractivity contribution in [1.82, 2.24) is 15.1 Å². The Hall–Kier alpha value is -2.38. The highest BCUT2D eigenvalue weighted by molar-refractivity contribution is 6.01. The first kappa shape index (κ1) is 21.5. The Labute approximate surface area is 189 Å². The molecule has 7 heteroatoms. The number of fused-ring (bicyclic) bond motifs is 1. The minimum Gasteiger partial charge on any atom is -0.489 e. The van der Waals surface area contributed by atoms with Crippen LogP contribution in [0.2, 0.25) is 0 Å². The molecule has 1 aliphatic carbocycles. The van der Waals surface area contributed by atoms with Crippen LogP contribution in [0.3, 0.4) is 0 Å². The van der Waals surface area contributed by atoms with Gasteiger partial charge in [0.1, 0.15) is 17.9 Å². The largest absolute Gasteiger partial charge is 0.489 e. The standard InChI is InChI=1S/C25H33N3O4/c1-16-6-9-21(23(29)26-16)28-15-17-14-18(7-8-19(17)24(28)30)32-22-5-3-4-20(22)27-12-10-25(2,31)11-13-27/h7-8,14,20-22,31H,1,3-6,9-13,15H2,2H3,(H,26,29)/t20-,21?,22+/m0/s1. The molecule has 172 valence electrons. The van der Waals surface area contributed by atoms with Crippen molar-refractivity contribution in [3.05, 3.63) is 41.6 Å². The van der Waals surface area contributed by atoms with Crippen molar-refractivity contribution in [2.75, 3.05) is 13.1 Å². The van der Waals surface area contributed by atoms with E-state index in [1.807, 2.05) is 25.1 Å². The van der Waals surface area contributed by atoms with Crippen LogP contribution in [-0.4, -0.2) is 63.6 Å². The quantitative estimate of drug-likeness (QED) is 0.754. The number of hydrogen-bond donors (Lipinski definition) is 2. The minimum absolute atomic E-state index is 0.0849. The van der Waals surface area contributed by atoms with Crippen LogP contribution < -0.4 is 10.1 Å². The molecule has 1 saturated carbocycles. The van der Waals surface area contributed by atoms with Gasteiger partial charge in [-0.25, -0.2) is 0 Å². The van der Waals surface area contributed by atoms with Gasteiger partial charge in [0.2, 0.25) is 5.91 Å². The maximum Gasteiger partial charge on any atom is 0.255 e. The van der Waals surface area contributed by atoms with E-state index in [9.17, 15) is 14.7 Å². The van der Waals surface area contributed by atoms with E-state index < -0.39 is 11.6 Å². The molecule has 3 atom stereocenters. The molecule has 32 heavy (non-hydrogen) atoms. The van der Waals surface area contributed by atoms with Crippen LogP contribution >= 0.6 is 0 Å². The molecule has 0 aromatic heterocycles. The number of allylic oxidation sites excluding steroid dienone is 1. The molecule has 0 bridgehead atoms. The number of piperidine rings is 2. The molecule has 0 spiro atoms. The summed E-state index contributed by atoms with van der Waals surface area (Å²) in [4.78, 5) is 29.5. The Bertz CT molecular complexity index is 933. The van der Waals surface area contributed by atoms with Gasteiger partial charge in [-0.3, -0.25) is 14.5 Å². The Kier molecular flexibility index (Phi) is 5.50. The van der Waals surface area contributed by atoms with Crippen LogP contribution in [0.5, 0.6) is 5.75 Å². The number of nitrogens with one attached hydrogen (secondary N) is 1. The van der Waals surface area contributed by atoms with Crippen LogP contribution in [-0.2, 0) is 11.3 Å². The van der Waals surface area contributed by atoms with Gasteiger partial charge in [0.15, 0.2) is 0 Å². The number of rotatable bonds is 4. The monoisotopic (exact) mass is 439 g/mol. The first-order valence-electron chi connectivity index (χ1n) is 11.9. The molecule has 1 unspecified atom stereocenters. The Morgan fingerprint density at radius 3 is 2.72 bits per heavy atom. The molecule has 3 heterocycles. The second-order valence-corrected chi connectivity index (χ2v) is 10.1. The summed E-state index contributed by atoms with van der Waals surface area (Å²) >= 11 is 0. The predicted octanol–water partition coefficient (Wildman–Crippen LogP) is 2.58. The van der Waals surface area contributed by atoms with E-state index in [-0.39, 0.29) is 17.9 Å². The summed E-state index contributed by atoms with van der Waals surface area (Å²) in [5.41, 5.74) is 1.75. The fourth-order valence-electron chi connectivity index (χ4n) is 5.68. The van der Waals surface area contributed by atoms with Gasteiger partial charge in [0.05, 0.1) is 5.60 Å². The molecule has 5 rings (SSSR count). The molecular formula is C25H33N3O4. The number of likely N-dealkylation sites (tertiary alicyclic amines) is 1. The SMILES string of the molecule is C=C1CCC(N2Cc3cc(O[C@@H]4CCC[C@@H]4N4CCC(C)(O)CC4)ccc3C2=O)C(=O)N1. The molecule has 4 aliphatic rings. The van der Waals surface area contributed by atoms with E-state index in [0.29, 0.717) is 31.0 Å². The summed E-state index contributed by atoms with van der Waals surface area (Å²) in [6.07, 6.45) is 6.31. The normalized spacial score (nSPS) is 30.4.